The van der Waals surface area contributed by atoms with Gasteiger partial charge >= 0.3 is 6.00 Å². The van der Waals surface area contributed by atoms with Gasteiger partial charge in [0.05, 0.1) is 0 Å². The fraction of sp³-hybridized carbons (Fsp3) is 0.200. The van der Waals surface area contributed by atoms with E-state index in [-0.39, 0.29) is 11.6 Å². The van der Waals surface area contributed by atoms with Gasteiger partial charge in [-0.25, -0.2) is 4.39 Å². The van der Waals surface area contributed by atoms with Gasteiger partial charge in [0.15, 0.2) is 0 Å². The Morgan fingerprint density at radius 3 is 2.29 bits per heavy atom. The van der Waals surface area contributed by atoms with Crippen LogP contribution in [0.5, 0.6) is 5.75 Å². The Bertz CT molecular complexity index is 611. The first kappa shape index (κ1) is 16.6. The van der Waals surface area contributed by atoms with Crippen LogP contribution in [0.3, 0.4) is 0 Å². The molecule has 1 N–H and O–H groups in total. The van der Waals surface area contributed by atoms with Crippen molar-refractivity contribution in [2.24, 2.45) is 0 Å². The third-order valence-electron chi connectivity index (χ3n) is 3.15. The molecule has 0 aromatic heterocycles. The molecule has 0 aliphatic carbocycles. The number of halogens is 4. The molecule has 0 spiro atoms. The van der Waals surface area contributed by atoms with Crippen molar-refractivity contribution in [1.29, 1.82) is 0 Å². The van der Waals surface area contributed by atoms with Crippen LogP contribution in [0.4, 0.5) is 4.39 Å². The van der Waals surface area contributed by atoms with Gasteiger partial charge in [-0.15, -0.1) is 33.2 Å². The normalized spacial score (nSPS) is 11.6. The lowest BCUT2D eigenvalue weighted by molar-refractivity contribution is 0.474. The first-order valence-electron chi connectivity index (χ1n) is 6.50. The minimum atomic E-state index is -2.62. The lowest BCUT2D eigenvalue weighted by atomic mass is 9.96. The molecule has 112 valence electrons. The van der Waals surface area contributed by atoms with E-state index in [1.54, 1.807) is 24.3 Å². The number of rotatable bonds is 5. The highest BCUT2D eigenvalue weighted by atomic mass is 35.8. The molecule has 0 saturated heterocycles. The molecule has 0 heterocycles. The van der Waals surface area contributed by atoms with Gasteiger partial charge < -0.3 is 5.11 Å². The molecule has 0 amide bonds. The zero-order valence-corrected chi connectivity index (χ0v) is 14.4. The van der Waals surface area contributed by atoms with E-state index in [0.29, 0.717) is 12.5 Å². The summed E-state index contributed by atoms with van der Waals surface area (Å²) >= 11 is 17.7. The predicted molar refractivity (Wildman–Crippen MR) is 89.9 cm³/mol. The van der Waals surface area contributed by atoms with Crippen molar-refractivity contribution >= 4 is 39.2 Å². The summed E-state index contributed by atoms with van der Waals surface area (Å²) in [7, 11) is 0. The molecule has 6 heteroatoms. The summed E-state index contributed by atoms with van der Waals surface area (Å²) in [6.07, 6.45) is 1.43. The second-order valence-corrected chi connectivity index (χ2v) is 14.1. The number of aryl methyl sites for hydroxylation is 1. The summed E-state index contributed by atoms with van der Waals surface area (Å²) in [5.74, 6) is -0.0803. The standard InChI is InChI=1S/C15H14Cl3FOSi/c16-21(17,18)9-1-2-12-10-14(20)7-8-15(12)11-3-5-13(19)6-4-11/h3-8,10,20H,1-2,9H2. The molecule has 1 nitrogen and oxygen atoms in total. The van der Waals surface area contributed by atoms with E-state index in [2.05, 4.69) is 0 Å². The van der Waals surface area contributed by atoms with E-state index in [9.17, 15) is 9.50 Å². The van der Waals surface area contributed by atoms with Crippen molar-refractivity contribution in [3.8, 4) is 16.9 Å². The highest BCUT2D eigenvalue weighted by Gasteiger charge is 2.24. The molecule has 0 aliphatic rings. The summed E-state index contributed by atoms with van der Waals surface area (Å²) in [4.78, 5) is 0. The molecule has 2 aromatic rings. The first-order valence-corrected chi connectivity index (χ1v) is 11.7. The minimum Gasteiger partial charge on any atom is -0.508 e. The number of hydrogen-bond donors (Lipinski definition) is 1. The number of phenols is 1. The summed E-state index contributed by atoms with van der Waals surface area (Å²) in [6, 6.07) is 9.36. The van der Waals surface area contributed by atoms with Gasteiger partial charge in [-0.2, -0.15) is 0 Å². The molecule has 21 heavy (non-hydrogen) atoms. The van der Waals surface area contributed by atoms with Gasteiger partial charge in [0.25, 0.3) is 0 Å². The van der Waals surface area contributed by atoms with Crippen molar-refractivity contribution in [3.05, 3.63) is 53.8 Å². The van der Waals surface area contributed by atoms with Crippen molar-refractivity contribution in [1.82, 2.24) is 0 Å². The van der Waals surface area contributed by atoms with Gasteiger partial charge in [0.2, 0.25) is 0 Å². The monoisotopic (exact) mass is 362 g/mol. The van der Waals surface area contributed by atoms with Crippen LogP contribution in [0.15, 0.2) is 42.5 Å². The summed E-state index contributed by atoms with van der Waals surface area (Å²) in [5, 5.41) is 9.66. The first-order chi connectivity index (χ1) is 9.85. The molecule has 0 bridgehead atoms. The maximum Gasteiger partial charge on any atom is 0.341 e. The maximum absolute atomic E-state index is 13.0. The second-order valence-electron chi connectivity index (χ2n) is 4.82. The predicted octanol–water partition coefficient (Wildman–Crippen LogP) is 5.79. The zero-order valence-electron chi connectivity index (χ0n) is 11.1. The molecule has 0 fully saturated rings. The molecule has 2 aromatic carbocycles. The number of aromatic hydroxyl groups is 1. The van der Waals surface area contributed by atoms with Crippen LogP contribution in [0.1, 0.15) is 12.0 Å². The maximum atomic E-state index is 13.0. The van der Waals surface area contributed by atoms with Gasteiger partial charge in [-0.05, 0) is 59.8 Å². The lowest BCUT2D eigenvalue weighted by Gasteiger charge is -2.12. The Hall–Kier alpha value is -0.743. The van der Waals surface area contributed by atoms with Crippen LogP contribution in [-0.2, 0) is 6.42 Å². The highest BCUT2D eigenvalue weighted by molar-refractivity contribution is 7.64. The average molecular weight is 364 g/mol. The van der Waals surface area contributed by atoms with E-state index >= 15 is 0 Å². The Morgan fingerprint density at radius 2 is 1.67 bits per heavy atom. The Balaban J connectivity index is 2.23. The van der Waals surface area contributed by atoms with Gasteiger partial charge in [0.1, 0.15) is 11.6 Å². The second kappa shape index (κ2) is 7.01. The SMILES string of the molecule is Oc1ccc(-c2ccc(F)cc2)c(CCC[Si](Cl)(Cl)Cl)c1. The molecule has 0 aliphatic heterocycles. The smallest absolute Gasteiger partial charge is 0.341 e. The highest BCUT2D eigenvalue weighted by Crippen LogP contribution is 2.31. The largest absolute Gasteiger partial charge is 0.508 e. The van der Waals surface area contributed by atoms with Crippen molar-refractivity contribution in [2.75, 3.05) is 0 Å². The number of hydrogen-bond acceptors (Lipinski definition) is 1. The third-order valence-corrected chi connectivity index (χ3v) is 5.77. The molecular weight excluding hydrogens is 350 g/mol. The minimum absolute atomic E-state index is 0.196. The van der Waals surface area contributed by atoms with E-state index in [0.717, 1.165) is 23.1 Å². The number of phenolic OH excluding ortho intramolecular Hbond substituents is 1. The van der Waals surface area contributed by atoms with Gasteiger partial charge in [-0.3, -0.25) is 0 Å². The zero-order chi connectivity index (χ0) is 15.5. The molecule has 0 atom stereocenters. The molecule has 0 radical (unpaired) electrons. The van der Waals surface area contributed by atoms with E-state index in [1.165, 1.54) is 12.1 Å². The Morgan fingerprint density at radius 1 is 1.00 bits per heavy atom. The van der Waals surface area contributed by atoms with Crippen LogP contribution < -0.4 is 0 Å². The topological polar surface area (TPSA) is 20.2 Å². The molecule has 0 unspecified atom stereocenters. The average Bonchev–Trinajstić information content (AvgIpc) is 2.39. The van der Waals surface area contributed by atoms with E-state index in [1.807, 2.05) is 6.07 Å². The Labute approximate surface area is 138 Å². The third kappa shape index (κ3) is 5.18. The molecule has 0 saturated carbocycles. The Kier molecular flexibility index (Phi) is 5.55. The summed E-state index contributed by atoms with van der Waals surface area (Å²) in [6.45, 7) is 0. The summed E-state index contributed by atoms with van der Waals surface area (Å²) < 4.78 is 13.0. The van der Waals surface area contributed by atoms with Crippen LogP contribution in [-0.4, -0.2) is 11.1 Å². The van der Waals surface area contributed by atoms with Crippen LogP contribution >= 0.6 is 33.2 Å². The number of benzene rings is 2. The quantitative estimate of drug-likeness (QED) is 0.527. The van der Waals surface area contributed by atoms with Crippen molar-refractivity contribution < 1.29 is 9.50 Å². The fourth-order valence-electron chi connectivity index (χ4n) is 2.18. The summed E-state index contributed by atoms with van der Waals surface area (Å²) in [5.41, 5.74) is 2.82. The van der Waals surface area contributed by atoms with Crippen LogP contribution in [0.2, 0.25) is 6.04 Å². The van der Waals surface area contributed by atoms with Gasteiger partial charge in [-0.1, -0.05) is 18.2 Å². The fourth-order valence-corrected chi connectivity index (χ4v) is 3.96. The van der Waals surface area contributed by atoms with Crippen LogP contribution in [0.25, 0.3) is 11.1 Å². The molecule has 2 rings (SSSR count). The molecular formula is C15H14Cl3FOSi. The van der Waals surface area contributed by atoms with Gasteiger partial charge in [0, 0.05) is 0 Å². The van der Waals surface area contributed by atoms with Crippen molar-refractivity contribution in [3.63, 3.8) is 0 Å². The van der Waals surface area contributed by atoms with E-state index in [4.69, 9.17) is 33.2 Å². The lowest BCUT2D eigenvalue weighted by Crippen LogP contribution is -2.08. The van der Waals surface area contributed by atoms with Crippen molar-refractivity contribution in [2.45, 2.75) is 18.9 Å². The van der Waals surface area contributed by atoms with E-state index < -0.39 is 6.00 Å². The van der Waals surface area contributed by atoms with Crippen LogP contribution in [0, 0.1) is 5.82 Å².